The zero-order valence-electron chi connectivity index (χ0n) is 17.9. The number of anilines is 2. The molecule has 2 N–H and O–H groups in total. The number of thiazole rings is 1. The van der Waals surface area contributed by atoms with Crippen molar-refractivity contribution in [3.63, 3.8) is 0 Å². The fourth-order valence-corrected chi connectivity index (χ4v) is 4.66. The van der Waals surface area contributed by atoms with E-state index < -0.39 is 0 Å². The summed E-state index contributed by atoms with van der Waals surface area (Å²) in [4.78, 5) is 31.8. The maximum Gasteiger partial charge on any atom is 0.238 e. The Morgan fingerprint density at radius 3 is 2.58 bits per heavy atom. The van der Waals surface area contributed by atoms with Crippen molar-refractivity contribution in [2.45, 2.75) is 12.5 Å². The van der Waals surface area contributed by atoms with Crippen LogP contribution in [-0.2, 0) is 4.79 Å². The van der Waals surface area contributed by atoms with Crippen molar-refractivity contribution >= 4 is 34.5 Å². The molecule has 2 unspecified atom stereocenters. The zero-order chi connectivity index (χ0) is 22.6. The van der Waals surface area contributed by atoms with Crippen molar-refractivity contribution in [2.75, 3.05) is 31.1 Å². The van der Waals surface area contributed by atoms with Gasteiger partial charge in [0.2, 0.25) is 5.91 Å². The second-order valence-corrected chi connectivity index (χ2v) is 8.96. The number of amides is 1. The first-order chi connectivity index (χ1) is 16.2. The summed E-state index contributed by atoms with van der Waals surface area (Å²) >= 11 is 1.35. The lowest BCUT2D eigenvalue weighted by Crippen LogP contribution is -2.51. The summed E-state index contributed by atoms with van der Waals surface area (Å²) in [6, 6.07) is 10.9. The first kappa shape index (κ1) is 21.6. The molecular weight excluding hydrogens is 440 g/mol. The van der Waals surface area contributed by atoms with Gasteiger partial charge in [-0.3, -0.25) is 14.5 Å². The highest BCUT2D eigenvalue weighted by Crippen LogP contribution is 2.30. The van der Waals surface area contributed by atoms with Crippen LogP contribution in [-0.4, -0.2) is 59.2 Å². The number of carbonyl (C=O) groups is 2. The molecular formula is C23H24N6O3S. The minimum absolute atomic E-state index is 0.00681. The Balaban J connectivity index is 1.34. The first-order valence-corrected chi connectivity index (χ1v) is 11.8. The second-order valence-electron chi connectivity index (χ2n) is 8.06. The molecule has 33 heavy (non-hydrogen) atoms. The predicted octanol–water partition coefficient (Wildman–Crippen LogP) is 2.06. The number of hydrogen-bond donors (Lipinski definition) is 2. The third-order valence-corrected chi connectivity index (χ3v) is 6.71. The summed E-state index contributed by atoms with van der Waals surface area (Å²) in [5, 5.41) is 16.8. The molecule has 4 heterocycles. The van der Waals surface area contributed by atoms with Crippen molar-refractivity contribution in [3.05, 3.63) is 59.2 Å². The molecule has 1 amide bonds. The van der Waals surface area contributed by atoms with E-state index in [1.54, 1.807) is 29.4 Å². The third kappa shape index (κ3) is 4.63. The van der Waals surface area contributed by atoms with Gasteiger partial charge in [-0.25, -0.2) is 4.98 Å². The molecule has 2 atom stereocenters. The monoisotopic (exact) mass is 464 g/mol. The highest BCUT2D eigenvalue weighted by atomic mass is 32.1. The van der Waals surface area contributed by atoms with Crippen LogP contribution in [0, 0.1) is 11.8 Å². The molecule has 0 radical (unpaired) electrons. The van der Waals surface area contributed by atoms with E-state index >= 15 is 0 Å². The van der Waals surface area contributed by atoms with Crippen LogP contribution in [0.2, 0.25) is 0 Å². The fourth-order valence-electron chi connectivity index (χ4n) is 4.02. The van der Waals surface area contributed by atoms with Crippen LogP contribution in [0.25, 0.3) is 0 Å². The number of rotatable bonds is 7. The molecule has 0 spiro atoms. The number of carbonyl (C=O) groups excluding carboxylic acids is 2. The van der Waals surface area contributed by atoms with Gasteiger partial charge in [0.05, 0.1) is 17.5 Å². The average molecular weight is 465 g/mol. The molecule has 170 valence electrons. The van der Waals surface area contributed by atoms with Crippen LogP contribution in [0.5, 0.6) is 5.75 Å². The van der Waals surface area contributed by atoms with Crippen LogP contribution in [0.4, 0.5) is 11.5 Å². The van der Waals surface area contributed by atoms with E-state index in [0.29, 0.717) is 41.9 Å². The zero-order valence-corrected chi connectivity index (χ0v) is 18.7. The van der Waals surface area contributed by atoms with Crippen molar-refractivity contribution < 1.29 is 14.3 Å². The van der Waals surface area contributed by atoms with E-state index in [1.165, 1.54) is 11.3 Å². The number of nitrogens with one attached hydrogen (secondary N) is 2. The van der Waals surface area contributed by atoms with Gasteiger partial charge in [0, 0.05) is 37.4 Å². The summed E-state index contributed by atoms with van der Waals surface area (Å²) < 4.78 is 6.24. The number of benzene rings is 1. The second kappa shape index (κ2) is 9.74. The summed E-state index contributed by atoms with van der Waals surface area (Å²) in [5.74, 6) is 0.737. The highest BCUT2D eigenvalue weighted by molar-refractivity contribution is 7.11. The van der Waals surface area contributed by atoms with E-state index in [-0.39, 0.29) is 29.6 Å². The Hall–Kier alpha value is -3.21. The number of Topliss-reactive ketones (excluding diaryl/α,β-unsaturated/α-hetero) is 1. The standard InChI is InChI=1S/C23H24N6O3S/c30-21(22-26-10-11-33-22)18-14-24-9-7-19(18)32-17-5-3-16(4-6-17)29(20-2-1-8-27-28-20)23(31)15-12-25-13-15/h1-6,8,10-11,15,18-19,24-25H,7,9,12-14H2. The maximum atomic E-state index is 13.1. The molecule has 2 aliphatic heterocycles. The van der Waals surface area contributed by atoms with Crippen LogP contribution in [0.15, 0.2) is 54.2 Å². The summed E-state index contributed by atoms with van der Waals surface area (Å²) in [6.07, 6.45) is 3.71. The SMILES string of the molecule is O=C(c1nccs1)C1CNCCC1Oc1ccc(N(C(=O)C2CNC2)c2cccnn2)cc1. The molecule has 5 rings (SSSR count). The van der Waals surface area contributed by atoms with Crippen molar-refractivity contribution in [1.29, 1.82) is 0 Å². The van der Waals surface area contributed by atoms with E-state index in [9.17, 15) is 9.59 Å². The minimum atomic E-state index is -0.298. The van der Waals surface area contributed by atoms with Gasteiger partial charge in [0.1, 0.15) is 11.9 Å². The molecule has 1 aromatic carbocycles. The van der Waals surface area contributed by atoms with E-state index in [2.05, 4.69) is 25.8 Å². The smallest absolute Gasteiger partial charge is 0.238 e. The van der Waals surface area contributed by atoms with Gasteiger partial charge in [-0.05, 0) is 49.4 Å². The highest BCUT2D eigenvalue weighted by Gasteiger charge is 2.35. The average Bonchev–Trinajstić information content (AvgIpc) is 3.35. The minimum Gasteiger partial charge on any atom is -0.490 e. The van der Waals surface area contributed by atoms with Crippen LogP contribution >= 0.6 is 11.3 Å². The molecule has 2 aliphatic rings. The largest absolute Gasteiger partial charge is 0.490 e. The molecule has 3 aromatic rings. The van der Waals surface area contributed by atoms with E-state index in [4.69, 9.17) is 4.74 Å². The molecule has 0 bridgehead atoms. The van der Waals surface area contributed by atoms with Gasteiger partial charge in [0.25, 0.3) is 0 Å². The molecule has 2 saturated heterocycles. The van der Waals surface area contributed by atoms with Gasteiger partial charge in [-0.15, -0.1) is 16.4 Å². The summed E-state index contributed by atoms with van der Waals surface area (Å²) in [7, 11) is 0. The number of nitrogens with zero attached hydrogens (tertiary/aromatic N) is 4. The first-order valence-electron chi connectivity index (χ1n) is 10.9. The topological polar surface area (TPSA) is 109 Å². The molecule has 9 nitrogen and oxygen atoms in total. The molecule has 2 fully saturated rings. The van der Waals surface area contributed by atoms with E-state index in [1.807, 2.05) is 29.6 Å². The number of aromatic nitrogens is 3. The number of piperidine rings is 1. The number of ether oxygens (including phenoxy) is 1. The van der Waals surface area contributed by atoms with Crippen LogP contribution in [0.3, 0.4) is 0 Å². The molecule has 10 heteroatoms. The number of hydrogen-bond acceptors (Lipinski definition) is 9. The Morgan fingerprint density at radius 1 is 1.06 bits per heavy atom. The Morgan fingerprint density at radius 2 is 1.91 bits per heavy atom. The summed E-state index contributed by atoms with van der Waals surface area (Å²) in [6.45, 7) is 2.66. The van der Waals surface area contributed by atoms with Gasteiger partial charge < -0.3 is 15.4 Å². The quantitative estimate of drug-likeness (QED) is 0.512. The van der Waals surface area contributed by atoms with Gasteiger partial charge in [0.15, 0.2) is 16.6 Å². The van der Waals surface area contributed by atoms with E-state index in [0.717, 1.165) is 13.0 Å². The Labute approximate surface area is 195 Å². The maximum absolute atomic E-state index is 13.1. The van der Waals surface area contributed by atoms with Gasteiger partial charge >= 0.3 is 0 Å². The normalized spacial score (nSPS) is 20.6. The molecule has 0 saturated carbocycles. The lowest BCUT2D eigenvalue weighted by atomic mass is 9.92. The summed E-state index contributed by atoms with van der Waals surface area (Å²) in [5.41, 5.74) is 0.695. The van der Waals surface area contributed by atoms with Gasteiger partial charge in [-0.1, -0.05) is 0 Å². The van der Waals surface area contributed by atoms with Crippen LogP contribution in [0.1, 0.15) is 16.2 Å². The fraction of sp³-hybridized carbons (Fsp3) is 0.348. The van der Waals surface area contributed by atoms with Crippen molar-refractivity contribution in [2.24, 2.45) is 11.8 Å². The number of ketones is 1. The molecule has 0 aliphatic carbocycles. The Kier molecular flexibility index (Phi) is 6.38. The van der Waals surface area contributed by atoms with Crippen molar-refractivity contribution in [1.82, 2.24) is 25.8 Å². The molecule has 2 aromatic heterocycles. The Bertz CT molecular complexity index is 1090. The van der Waals surface area contributed by atoms with Gasteiger partial charge in [-0.2, -0.15) is 5.10 Å². The van der Waals surface area contributed by atoms with Crippen LogP contribution < -0.4 is 20.3 Å². The third-order valence-electron chi connectivity index (χ3n) is 5.92. The van der Waals surface area contributed by atoms with Crippen molar-refractivity contribution in [3.8, 4) is 5.75 Å². The lowest BCUT2D eigenvalue weighted by Gasteiger charge is -2.32. The predicted molar refractivity (Wildman–Crippen MR) is 124 cm³/mol. The lowest BCUT2D eigenvalue weighted by molar-refractivity contribution is -0.123.